The predicted octanol–water partition coefficient (Wildman–Crippen LogP) is 2.83. The lowest BCUT2D eigenvalue weighted by Crippen LogP contribution is -2.26. The summed E-state index contributed by atoms with van der Waals surface area (Å²) in [6.45, 7) is 3.75. The molecule has 0 saturated carbocycles. The van der Waals surface area contributed by atoms with Gasteiger partial charge in [0.1, 0.15) is 0 Å². The minimum Gasteiger partial charge on any atom is -0.408 e. The summed E-state index contributed by atoms with van der Waals surface area (Å²) in [4.78, 5) is 2.35. The molecule has 2 aromatic rings. The second-order valence-corrected chi connectivity index (χ2v) is 5.51. The Bertz CT molecular complexity index is 571. The molecule has 1 fully saturated rings. The second-order valence-electron chi connectivity index (χ2n) is 4.65. The molecular weight excluding hydrogens is 308 g/mol. The van der Waals surface area contributed by atoms with E-state index in [4.69, 9.17) is 4.42 Å². The summed E-state index contributed by atoms with van der Waals surface area (Å²) < 4.78 is 6.48. The minimum atomic E-state index is 0.340. The topological polar surface area (TPSA) is 54.2 Å². The zero-order chi connectivity index (χ0) is 13.2. The van der Waals surface area contributed by atoms with E-state index in [1.54, 1.807) is 6.92 Å². The van der Waals surface area contributed by atoms with Crippen molar-refractivity contribution in [2.24, 2.45) is 0 Å². The largest absolute Gasteiger partial charge is 0.408 e. The van der Waals surface area contributed by atoms with Crippen LogP contribution in [0.25, 0.3) is 0 Å². The third-order valence-electron chi connectivity index (χ3n) is 3.24. The molecule has 1 saturated heterocycles. The SMILES string of the molecule is Cc1nnc(NC2CCN(c3ccccc3Br)C2)o1. The van der Waals surface area contributed by atoms with Gasteiger partial charge in [0.2, 0.25) is 5.89 Å². The fraction of sp³-hybridized carbons (Fsp3) is 0.385. The zero-order valence-corrected chi connectivity index (χ0v) is 12.2. The van der Waals surface area contributed by atoms with Gasteiger partial charge in [0.05, 0.1) is 5.69 Å². The highest BCUT2D eigenvalue weighted by Crippen LogP contribution is 2.29. The van der Waals surface area contributed by atoms with Crippen LogP contribution >= 0.6 is 15.9 Å². The molecule has 0 amide bonds. The molecule has 1 aliphatic heterocycles. The molecule has 1 aliphatic rings. The Morgan fingerprint density at radius 2 is 2.21 bits per heavy atom. The van der Waals surface area contributed by atoms with Gasteiger partial charge in [-0.15, -0.1) is 5.10 Å². The van der Waals surface area contributed by atoms with Crippen molar-refractivity contribution in [2.45, 2.75) is 19.4 Å². The van der Waals surface area contributed by atoms with Crippen molar-refractivity contribution in [2.75, 3.05) is 23.3 Å². The average molecular weight is 323 g/mol. The molecule has 5 nitrogen and oxygen atoms in total. The molecule has 1 aromatic carbocycles. The molecule has 1 atom stereocenters. The lowest BCUT2D eigenvalue weighted by Gasteiger charge is -2.20. The van der Waals surface area contributed by atoms with Gasteiger partial charge in [-0.3, -0.25) is 0 Å². The molecule has 0 radical (unpaired) electrons. The molecule has 1 aromatic heterocycles. The number of rotatable bonds is 3. The second kappa shape index (κ2) is 5.21. The summed E-state index contributed by atoms with van der Waals surface area (Å²) in [7, 11) is 0. The maximum absolute atomic E-state index is 5.35. The molecule has 0 spiro atoms. The van der Waals surface area contributed by atoms with E-state index in [2.05, 4.69) is 54.5 Å². The molecule has 0 aliphatic carbocycles. The number of halogens is 1. The highest BCUT2D eigenvalue weighted by atomic mass is 79.9. The van der Waals surface area contributed by atoms with E-state index in [1.807, 2.05) is 6.07 Å². The number of para-hydroxylation sites is 1. The summed E-state index contributed by atoms with van der Waals surface area (Å²) in [5.74, 6) is 0.586. The van der Waals surface area contributed by atoms with Gasteiger partial charge in [0, 0.05) is 30.5 Å². The molecule has 3 rings (SSSR count). The Morgan fingerprint density at radius 3 is 2.95 bits per heavy atom. The minimum absolute atomic E-state index is 0.340. The smallest absolute Gasteiger partial charge is 0.315 e. The van der Waals surface area contributed by atoms with Gasteiger partial charge in [-0.05, 0) is 34.5 Å². The average Bonchev–Trinajstić information content (AvgIpc) is 3.00. The van der Waals surface area contributed by atoms with Crippen molar-refractivity contribution in [3.8, 4) is 0 Å². The van der Waals surface area contributed by atoms with E-state index in [0.717, 1.165) is 24.0 Å². The Labute approximate surface area is 120 Å². The van der Waals surface area contributed by atoms with Gasteiger partial charge < -0.3 is 14.6 Å². The van der Waals surface area contributed by atoms with Gasteiger partial charge in [-0.1, -0.05) is 17.2 Å². The number of benzene rings is 1. The molecule has 6 heteroatoms. The van der Waals surface area contributed by atoms with Gasteiger partial charge >= 0.3 is 6.01 Å². The van der Waals surface area contributed by atoms with Crippen LogP contribution in [0.15, 0.2) is 33.2 Å². The molecule has 0 bridgehead atoms. The Kier molecular flexibility index (Phi) is 3.42. The van der Waals surface area contributed by atoms with Crippen molar-refractivity contribution in [1.82, 2.24) is 10.2 Å². The summed E-state index contributed by atoms with van der Waals surface area (Å²) in [6, 6.07) is 9.13. The first-order valence-corrected chi connectivity index (χ1v) is 7.08. The molecule has 1 unspecified atom stereocenters. The van der Waals surface area contributed by atoms with Crippen LogP contribution in [0.3, 0.4) is 0 Å². The van der Waals surface area contributed by atoms with Crippen molar-refractivity contribution in [3.63, 3.8) is 0 Å². The monoisotopic (exact) mass is 322 g/mol. The third-order valence-corrected chi connectivity index (χ3v) is 3.91. The molecule has 2 heterocycles. The molecular formula is C13H15BrN4O. The van der Waals surface area contributed by atoms with E-state index < -0.39 is 0 Å². The van der Waals surface area contributed by atoms with Crippen LogP contribution in [0, 0.1) is 6.92 Å². The maximum atomic E-state index is 5.35. The zero-order valence-electron chi connectivity index (χ0n) is 10.6. The predicted molar refractivity (Wildman–Crippen MR) is 77.4 cm³/mol. The highest BCUT2D eigenvalue weighted by Gasteiger charge is 2.24. The summed E-state index contributed by atoms with van der Waals surface area (Å²) in [6.07, 6.45) is 1.06. The van der Waals surface area contributed by atoms with Gasteiger partial charge in [-0.2, -0.15) is 0 Å². The molecule has 1 N–H and O–H groups in total. The van der Waals surface area contributed by atoms with Gasteiger partial charge in [-0.25, -0.2) is 0 Å². The van der Waals surface area contributed by atoms with Crippen LogP contribution in [-0.2, 0) is 0 Å². The number of aryl methyl sites for hydroxylation is 1. The lowest BCUT2D eigenvalue weighted by molar-refractivity contribution is 0.524. The number of nitrogens with zero attached hydrogens (tertiary/aromatic N) is 3. The van der Waals surface area contributed by atoms with Crippen LogP contribution in [-0.4, -0.2) is 29.3 Å². The number of aromatic nitrogens is 2. The van der Waals surface area contributed by atoms with E-state index in [0.29, 0.717) is 17.9 Å². The summed E-state index contributed by atoms with van der Waals surface area (Å²) in [5.41, 5.74) is 1.23. The number of anilines is 2. The van der Waals surface area contributed by atoms with Crippen molar-refractivity contribution in [3.05, 3.63) is 34.6 Å². The quantitative estimate of drug-likeness (QED) is 0.941. The van der Waals surface area contributed by atoms with Crippen molar-refractivity contribution >= 4 is 27.6 Å². The molecule has 19 heavy (non-hydrogen) atoms. The first-order chi connectivity index (χ1) is 9.22. The summed E-state index contributed by atoms with van der Waals surface area (Å²) >= 11 is 3.59. The Hall–Kier alpha value is -1.56. The Balaban J connectivity index is 1.66. The van der Waals surface area contributed by atoms with Crippen LogP contribution in [0.4, 0.5) is 11.7 Å². The summed E-state index contributed by atoms with van der Waals surface area (Å²) in [5, 5.41) is 11.1. The highest BCUT2D eigenvalue weighted by molar-refractivity contribution is 9.10. The van der Waals surface area contributed by atoms with E-state index >= 15 is 0 Å². The third kappa shape index (κ3) is 2.73. The number of nitrogens with one attached hydrogen (secondary N) is 1. The molecule has 100 valence electrons. The van der Waals surface area contributed by atoms with Gasteiger partial charge in [0.15, 0.2) is 0 Å². The first kappa shape index (κ1) is 12.5. The van der Waals surface area contributed by atoms with Crippen LogP contribution in [0.1, 0.15) is 12.3 Å². The van der Waals surface area contributed by atoms with Crippen LogP contribution in [0.5, 0.6) is 0 Å². The van der Waals surface area contributed by atoms with E-state index in [9.17, 15) is 0 Å². The van der Waals surface area contributed by atoms with E-state index in [1.165, 1.54) is 5.69 Å². The lowest BCUT2D eigenvalue weighted by atomic mass is 10.3. The first-order valence-electron chi connectivity index (χ1n) is 6.28. The van der Waals surface area contributed by atoms with Crippen molar-refractivity contribution < 1.29 is 4.42 Å². The standard InChI is InChI=1S/C13H15BrN4O/c1-9-16-17-13(19-9)15-10-6-7-18(8-10)12-5-3-2-4-11(12)14/h2-5,10H,6-8H2,1H3,(H,15,17). The van der Waals surface area contributed by atoms with Crippen LogP contribution < -0.4 is 10.2 Å². The van der Waals surface area contributed by atoms with Crippen LogP contribution in [0.2, 0.25) is 0 Å². The number of hydrogen-bond donors (Lipinski definition) is 1. The van der Waals surface area contributed by atoms with Gasteiger partial charge in [0.25, 0.3) is 0 Å². The Morgan fingerprint density at radius 1 is 1.37 bits per heavy atom. The normalized spacial score (nSPS) is 18.8. The fourth-order valence-corrected chi connectivity index (χ4v) is 2.87. The number of hydrogen-bond acceptors (Lipinski definition) is 5. The van der Waals surface area contributed by atoms with Crippen molar-refractivity contribution in [1.29, 1.82) is 0 Å². The van der Waals surface area contributed by atoms with E-state index in [-0.39, 0.29) is 0 Å². The fourth-order valence-electron chi connectivity index (χ4n) is 2.33. The maximum Gasteiger partial charge on any atom is 0.315 e.